The third kappa shape index (κ3) is 4.87. The first kappa shape index (κ1) is 16.6. The first-order valence-electron chi connectivity index (χ1n) is 6.59. The number of carboxylic acid groups (broad SMARTS) is 1. The molecule has 21 heavy (non-hydrogen) atoms. The molecule has 0 radical (unpaired) electrons. The van der Waals surface area contributed by atoms with E-state index < -0.39 is 16.8 Å². The molecule has 0 aliphatic heterocycles. The highest BCUT2D eigenvalue weighted by Gasteiger charge is 2.20. The minimum absolute atomic E-state index is 0.0157. The quantitative estimate of drug-likeness (QED) is 0.609. The Morgan fingerprint density at radius 1 is 1.43 bits per heavy atom. The maximum Gasteiger partial charge on any atom is 0.308 e. The predicted molar refractivity (Wildman–Crippen MR) is 75.9 cm³/mol. The van der Waals surface area contributed by atoms with E-state index in [0.29, 0.717) is 12.1 Å². The molecular formula is C14H18N2O5. The topological polar surface area (TPSA) is 101 Å². The maximum absolute atomic E-state index is 12.1. The highest BCUT2D eigenvalue weighted by atomic mass is 16.6. The zero-order valence-corrected chi connectivity index (χ0v) is 12.0. The van der Waals surface area contributed by atoms with Gasteiger partial charge in [0.1, 0.15) is 0 Å². The number of nitro groups is 1. The Hall–Kier alpha value is -2.44. The molecule has 0 saturated carbocycles. The van der Waals surface area contributed by atoms with E-state index >= 15 is 0 Å². The van der Waals surface area contributed by atoms with Gasteiger partial charge in [-0.25, -0.2) is 0 Å². The Morgan fingerprint density at radius 2 is 2.10 bits per heavy atom. The summed E-state index contributed by atoms with van der Waals surface area (Å²) in [6, 6.07) is 5.88. The normalized spacial score (nSPS) is 11.7. The van der Waals surface area contributed by atoms with E-state index in [1.807, 2.05) is 0 Å². The van der Waals surface area contributed by atoms with Gasteiger partial charge in [0.2, 0.25) is 5.91 Å². The van der Waals surface area contributed by atoms with E-state index in [2.05, 4.69) is 0 Å². The number of aliphatic carboxylic acids is 1. The Bertz CT molecular complexity index is 544. The lowest BCUT2D eigenvalue weighted by molar-refractivity contribution is -0.384. The van der Waals surface area contributed by atoms with Crippen LogP contribution in [0.15, 0.2) is 24.3 Å². The maximum atomic E-state index is 12.1. The van der Waals surface area contributed by atoms with Crippen LogP contribution in [0.2, 0.25) is 0 Å². The van der Waals surface area contributed by atoms with E-state index in [1.165, 1.54) is 30.0 Å². The van der Waals surface area contributed by atoms with Gasteiger partial charge >= 0.3 is 5.97 Å². The summed E-state index contributed by atoms with van der Waals surface area (Å²) in [6.45, 7) is 3.82. The van der Waals surface area contributed by atoms with Gasteiger partial charge in [-0.2, -0.15) is 0 Å². The summed E-state index contributed by atoms with van der Waals surface area (Å²) < 4.78 is 0. The highest BCUT2D eigenvalue weighted by Crippen LogP contribution is 2.14. The Kier molecular flexibility index (Phi) is 5.83. The van der Waals surface area contributed by atoms with Gasteiger partial charge in [0.25, 0.3) is 5.69 Å². The summed E-state index contributed by atoms with van der Waals surface area (Å²) in [4.78, 5) is 34.6. The van der Waals surface area contributed by atoms with Gasteiger partial charge in [-0.3, -0.25) is 19.7 Å². The number of hydrogen-bond acceptors (Lipinski definition) is 4. The van der Waals surface area contributed by atoms with Gasteiger partial charge in [0.05, 0.1) is 17.3 Å². The van der Waals surface area contributed by atoms with Crippen LogP contribution in [-0.2, 0) is 16.0 Å². The molecule has 0 spiro atoms. The minimum atomic E-state index is -0.961. The zero-order chi connectivity index (χ0) is 16.0. The summed E-state index contributed by atoms with van der Waals surface area (Å²) in [7, 11) is 0. The molecule has 1 amide bonds. The second-order valence-corrected chi connectivity index (χ2v) is 4.78. The second-order valence-electron chi connectivity index (χ2n) is 4.78. The molecule has 1 aromatic rings. The molecule has 0 aliphatic carbocycles. The van der Waals surface area contributed by atoms with E-state index in [1.54, 1.807) is 13.0 Å². The fourth-order valence-corrected chi connectivity index (χ4v) is 1.88. The van der Waals surface area contributed by atoms with Gasteiger partial charge in [-0.05, 0) is 12.5 Å². The molecule has 0 aliphatic rings. The largest absolute Gasteiger partial charge is 0.481 e. The molecule has 1 atom stereocenters. The highest BCUT2D eigenvalue weighted by molar-refractivity contribution is 5.79. The van der Waals surface area contributed by atoms with Gasteiger partial charge in [-0.15, -0.1) is 0 Å². The second kappa shape index (κ2) is 7.37. The molecule has 0 fully saturated rings. The average molecular weight is 294 g/mol. The molecule has 0 saturated heterocycles. The molecule has 1 unspecified atom stereocenters. The van der Waals surface area contributed by atoms with Crippen LogP contribution >= 0.6 is 0 Å². The number of rotatable bonds is 7. The Labute approximate surface area is 122 Å². The zero-order valence-electron chi connectivity index (χ0n) is 12.0. The van der Waals surface area contributed by atoms with Crippen molar-refractivity contribution in [3.05, 3.63) is 39.9 Å². The SMILES string of the molecule is CCN(CC(C)C(=O)O)C(=O)Cc1cccc([N+](=O)[O-])c1. The minimum Gasteiger partial charge on any atom is -0.481 e. The molecule has 1 N–H and O–H groups in total. The number of carbonyl (C=O) groups is 2. The van der Waals surface area contributed by atoms with Crippen molar-refractivity contribution >= 4 is 17.6 Å². The molecule has 1 aromatic carbocycles. The predicted octanol–water partition coefficient (Wildman–Crippen LogP) is 1.71. The number of benzene rings is 1. The van der Waals surface area contributed by atoms with Crippen LogP contribution in [0.4, 0.5) is 5.69 Å². The van der Waals surface area contributed by atoms with Gasteiger partial charge < -0.3 is 10.0 Å². The van der Waals surface area contributed by atoms with Crippen LogP contribution in [0.5, 0.6) is 0 Å². The van der Waals surface area contributed by atoms with Crippen molar-refractivity contribution in [3.8, 4) is 0 Å². The molecule has 1 rings (SSSR count). The molecular weight excluding hydrogens is 276 g/mol. The van der Waals surface area contributed by atoms with Crippen molar-refractivity contribution < 1.29 is 19.6 Å². The monoisotopic (exact) mass is 294 g/mol. The lowest BCUT2D eigenvalue weighted by Crippen LogP contribution is -2.37. The van der Waals surface area contributed by atoms with Crippen LogP contribution in [0.1, 0.15) is 19.4 Å². The lowest BCUT2D eigenvalue weighted by atomic mass is 10.1. The van der Waals surface area contributed by atoms with Crippen molar-refractivity contribution in [1.29, 1.82) is 0 Å². The summed E-state index contributed by atoms with van der Waals surface area (Å²) >= 11 is 0. The standard InChI is InChI=1S/C14H18N2O5/c1-3-15(9-10(2)14(18)19)13(17)8-11-5-4-6-12(7-11)16(20)21/h4-7,10H,3,8-9H2,1-2H3,(H,18,19). The van der Waals surface area contributed by atoms with Crippen molar-refractivity contribution in [2.24, 2.45) is 5.92 Å². The smallest absolute Gasteiger partial charge is 0.308 e. The fraction of sp³-hybridized carbons (Fsp3) is 0.429. The molecule has 0 aromatic heterocycles. The molecule has 7 heteroatoms. The van der Waals surface area contributed by atoms with Crippen molar-refractivity contribution in [2.45, 2.75) is 20.3 Å². The number of likely N-dealkylation sites (N-methyl/N-ethyl adjacent to an activating group) is 1. The van der Waals surface area contributed by atoms with E-state index in [-0.39, 0.29) is 24.6 Å². The summed E-state index contributed by atoms with van der Waals surface area (Å²) in [6.07, 6.45) is 0.0157. The van der Waals surface area contributed by atoms with E-state index in [0.717, 1.165) is 0 Å². The van der Waals surface area contributed by atoms with Crippen LogP contribution in [0.25, 0.3) is 0 Å². The number of hydrogen-bond donors (Lipinski definition) is 1. The number of carbonyl (C=O) groups excluding carboxylic acids is 1. The molecule has 114 valence electrons. The van der Waals surface area contributed by atoms with Crippen LogP contribution in [0.3, 0.4) is 0 Å². The number of nitrogens with zero attached hydrogens (tertiary/aromatic N) is 2. The van der Waals surface area contributed by atoms with Crippen LogP contribution in [0, 0.1) is 16.0 Å². The number of carboxylic acids is 1. The van der Waals surface area contributed by atoms with Gasteiger partial charge in [-0.1, -0.05) is 19.1 Å². The number of nitro benzene ring substituents is 1. The van der Waals surface area contributed by atoms with Crippen molar-refractivity contribution in [1.82, 2.24) is 4.90 Å². The number of amides is 1. The summed E-state index contributed by atoms with van der Waals surface area (Å²) in [5.41, 5.74) is 0.470. The van der Waals surface area contributed by atoms with Gasteiger partial charge in [0, 0.05) is 25.2 Å². The summed E-state index contributed by atoms with van der Waals surface area (Å²) in [5, 5.41) is 19.6. The summed E-state index contributed by atoms with van der Waals surface area (Å²) in [5.74, 6) is -1.86. The van der Waals surface area contributed by atoms with Crippen molar-refractivity contribution in [2.75, 3.05) is 13.1 Å². The molecule has 0 bridgehead atoms. The van der Waals surface area contributed by atoms with E-state index in [9.17, 15) is 19.7 Å². The Morgan fingerprint density at radius 3 is 2.62 bits per heavy atom. The van der Waals surface area contributed by atoms with Gasteiger partial charge in [0.15, 0.2) is 0 Å². The third-order valence-corrected chi connectivity index (χ3v) is 3.13. The van der Waals surface area contributed by atoms with E-state index in [4.69, 9.17) is 5.11 Å². The van der Waals surface area contributed by atoms with Crippen LogP contribution < -0.4 is 0 Å². The average Bonchev–Trinajstić information content (AvgIpc) is 2.44. The third-order valence-electron chi connectivity index (χ3n) is 3.13. The molecule has 7 nitrogen and oxygen atoms in total. The lowest BCUT2D eigenvalue weighted by Gasteiger charge is -2.23. The van der Waals surface area contributed by atoms with Crippen molar-refractivity contribution in [3.63, 3.8) is 0 Å². The molecule has 0 heterocycles. The first-order valence-corrected chi connectivity index (χ1v) is 6.59. The first-order chi connectivity index (χ1) is 9.85. The van der Waals surface area contributed by atoms with Crippen LogP contribution in [-0.4, -0.2) is 39.9 Å². The Balaban J connectivity index is 2.76. The fourth-order valence-electron chi connectivity index (χ4n) is 1.88. The number of non-ortho nitro benzene ring substituents is 1.